The summed E-state index contributed by atoms with van der Waals surface area (Å²) in [5.41, 5.74) is 2.51. The number of hydrogen-bond donors (Lipinski definition) is 0. The molecule has 0 spiro atoms. The Kier molecular flexibility index (Phi) is 3.46. The van der Waals surface area contributed by atoms with Gasteiger partial charge in [0.2, 0.25) is 0 Å². The molecule has 0 N–H and O–H groups in total. The van der Waals surface area contributed by atoms with Crippen LogP contribution < -0.4 is 0 Å². The molecule has 1 saturated heterocycles. The van der Waals surface area contributed by atoms with Gasteiger partial charge in [0.05, 0.1) is 10.9 Å². The van der Waals surface area contributed by atoms with E-state index in [-0.39, 0.29) is 11.9 Å². The van der Waals surface area contributed by atoms with Crippen LogP contribution in [0.15, 0.2) is 22.9 Å². The molecule has 100 valence electrons. The predicted octanol–water partition coefficient (Wildman–Crippen LogP) is 4.40. The maximum absolute atomic E-state index is 12.7. The Bertz CT molecular complexity index is 566. The summed E-state index contributed by atoms with van der Waals surface area (Å²) in [7, 11) is 0. The van der Waals surface area contributed by atoms with Crippen LogP contribution in [0.5, 0.6) is 0 Å². The van der Waals surface area contributed by atoms with Crippen LogP contribution in [-0.4, -0.2) is 17.4 Å². The Morgan fingerprint density at radius 3 is 2.89 bits per heavy atom. The molecular weight excluding hydrogens is 274 g/mol. The molecule has 1 fully saturated rings. The third-order valence-electron chi connectivity index (χ3n) is 3.82. The molecule has 1 atom stereocenters. The zero-order chi connectivity index (χ0) is 13.4. The van der Waals surface area contributed by atoms with Crippen LogP contribution >= 0.6 is 22.7 Å². The first-order chi connectivity index (χ1) is 9.16. The van der Waals surface area contributed by atoms with Crippen LogP contribution in [0, 0.1) is 13.8 Å². The lowest BCUT2D eigenvalue weighted by atomic mass is 10.1. The molecule has 0 aromatic carbocycles. The Hall–Kier alpha value is -1.13. The molecule has 1 amide bonds. The molecule has 2 aromatic rings. The van der Waals surface area contributed by atoms with Gasteiger partial charge in [0, 0.05) is 11.4 Å². The Labute approximate surface area is 121 Å². The number of rotatable bonds is 2. The summed E-state index contributed by atoms with van der Waals surface area (Å²) < 4.78 is 0. The topological polar surface area (TPSA) is 20.3 Å². The van der Waals surface area contributed by atoms with Gasteiger partial charge in [-0.25, -0.2) is 0 Å². The first kappa shape index (κ1) is 12.9. The summed E-state index contributed by atoms with van der Waals surface area (Å²) in [6.07, 6.45) is 2.20. The van der Waals surface area contributed by atoms with E-state index in [1.54, 1.807) is 22.7 Å². The van der Waals surface area contributed by atoms with Crippen molar-refractivity contribution >= 4 is 28.6 Å². The summed E-state index contributed by atoms with van der Waals surface area (Å²) in [5, 5.41) is 4.26. The molecule has 2 nitrogen and oxygen atoms in total. The van der Waals surface area contributed by atoms with Crippen LogP contribution in [0.3, 0.4) is 0 Å². The van der Waals surface area contributed by atoms with Gasteiger partial charge in [-0.1, -0.05) is 0 Å². The van der Waals surface area contributed by atoms with Gasteiger partial charge in [-0.3, -0.25) is 4.79 Å². The number of aryl methyl sites for hydroxylation is 2. The number of carbonyl (C=O) groups excluding carboxylic acids is 1. The number of nitrogens with zero attached hydrogens (tertiary/aromatic N) is 1. The normalized spacial score (nSPS) is 19.1. The van der Waals surface area contributed by atoms with Crippen molar-refractivity contribution in [1.82, 2.24) is 4.90 Å². The lowest BCUT2D eigenvalue weighted by Gasteiger charge is -2.23. The van der Waals surface area contributed by atoms with E-state index in [9.17, 15) is 4.79 Å². The zero-order valence-corrected chi connectivity index (χ0v) is 12.8. The molecular formula is C15H17NOS2. The average Bonchev–Trinajstić information content (AvgIpc) is 3.09. The van der Waals surface area contributed by atoms with Gasteiger partial charge < -0.3 is 4.90 Å². The molecule has 1 aliphatic heterocycles. The second-order valence-electron chi connectivity index (χ2n) is 5.06. The summed E-state index contributed by atoms with van der Waals surface area (Å²) in [6.45, 7) is 5.04. The fraction of sp³-hybridized carbons (Fsp3) is 0.400. The van der Waals surface area contributed by atoms with Crippen LogP contribution in [0.25, 0.3) is 0 Å². The minimum Gasteiger partial charge on any atom is -0.331 e. The van der Waals surface area contributed by atoms with E-state index < -0.39 is 0 Å². The molecule has 0 saturated carbocycles. The summed E-state index contributed by atoms with van der Waals surface area (Å²) in [5.74, 6) is 0.204. The van der Waals surface area contributed by atoms with Crippen molar-refractivity contribution in [2.45, 2.75) is 32.7 Å². The second-order valence-corrected chi connectivity index (χ2v) is 7.10. The van der Waals surface area contributed by atoms with Crippen molar-refractivity contribution < 1.29 is 4.79 Å². The second kappa shape index (κ2) is 5.10. The minimum atomic E-state index is 0.204. The van der Waals surface area contributed by atoms with Crippen molar-refractivity contribution in [3.63, 3.8) is 0 Å². The SMILES string of the molecule is Cc1cc(C(=O)N2CCC[C@@H]2c2ccsc2)sc1C. The molecule has 0 unspecified atom stereocenters. The van der Waals surface area contributed by atoms with E-state index in [4.69, 9.17) is 0 Å². The quantitative estimate of drug-likeness (QED) is 0.803. The highest BCUT2D eigenvalue weighted by molar-refractivity contribution is 7.14. The molecule has 0 radical (unpaired) electrons. The molecule has 1 aliphatic rings. The number of carbonyl (C=O) groups is 1. The van der Waals surface area contributed by atoms with Crippen molar-refractivity contribution in [3.05, 3.63) is 43.8 Å². The number of thiophene rings is 2. The van der Waals surface area contributed by atoms with Gasteiger partial charge in [-0.05, 0) is 60.7 Å². The van der Waals surface area contributed by atoms with Crippen molar-refractivity contribution in [2.75, 3.05) is 6.54 Å². The lowest BCUT2D eigenvalue weighted by Crippen LogP contribution is -2.29. The van der Waals surface area contributed by atoms with E-state index in [1.165, 1.54) is 16.0 Å². The maximum atomic E-state index is 12.7. The zero-order valence-electron chi connectivity index (χ0n) is 11.2. The average molecular weight is 291 g/mol. The maximum Gasteiger partial charge on any atom is 0.264 e. The highest BCUT2D eigenvalue weighted by atomic mass is 32.1. The van der Waals surface area contributed by atoms with Gasteiger partial charge in [0.1, 0.15) is 0 Å². The third kappa shape index (κ3) is 2.35. The highest BCUT2D eigenvalue weighted by Gasteiger charge is 2.31. The molecule has 2 aromatic heterocycles. The molecule has 3 heterocycles. The summed E-state index contributed by atoms with van der Waals surface area (Å²) in [6, 6.07) is 4.46. The van der Waals surface area contributed by atoms with Gasteiger partial charge in [0.25, 0.3) is 5.91 Å². The molecule has 0 aliphatic carbocycles. The minimum absolute atomic E-state index is 0.204. The van der Waals surface area contributed by atoms with Crippen molar-refractivity contribution in [1.29, 1.82) is 0 Å². The Morgan fingerprint density at radius 2 is 2.26 bits per heavy atom. The largest absolute Gasteiger partial charge is 0.331 e. The van der Waals surface area contributed by atoms with E-state index in [1.807, 2.05) is 11.0 Å². The molecule has 3 rings (SSSR count). The first-order valence-corrected chi connectivity index (χ1v) is 8.33. The van der Waals surface area contributed by atoms with E-state index in [0.29, 0.717) is 0 Å². The van der Waals surface area contributed by atoms with Gasteiger partial charge in [0.15, 0.2) is 0 Å². The molecule has 4 heteroatoms. The van der Waals surface area contributed by atoms with Crippen LogP contribution in [-0.2, 0) is 0 Å². The van der Waals surface area contributed by atoms with Gasteiger partial charge in [-0.2, -0.15) is 11.3 Å². The van der Waals surface area contributed by atoms with E-state index in [0.717, 1.165) is 24.3 Å². The van der Waals surface area contributed by atoms with Crippen LogP contribution in [0.1, 0.15) is 44.6 Å². The lowest BCUT2D eigenvalue weighted by molar-refractivity contribution is 0.0741. The smallest absolute Gasteiger partial charge is 0.264 e. The number of likely N-dealkylation sites (tertiary alicyclic amines) is 1. The molecule has 0 bridgehead atoms. The fourth-order valence-electron chi connectivity index (χ4n) is 2.64. The fourth-order valence-corrected chi connectivity index (χ4v) is 4.34. The predicted molar refractivity (Wildman–Crippen MR) is 81.1 cm³/mol. The number of amides is 1. The standard InChI is InChI=1S/C15H17NOS2/c1-10-8-14(19-11(10)2)15(17)16-6-3-4-13(16)12-5-7-18-9-12/h5,7-9,13H,3-4,6H2,1-2H3/t13-/m1/s1. The van der Waals surface area contributed by atoms with Crippen molar-refractivity contribution in [2.24, 2.45) is 0 Å². The van der Waals surface area contributed by atoms with E-state index >= 15 is 0 Å². The number of hydrogen-bond acceptors (Lipinski definition) is 3. The third-order valence-corrected chi connectivity index (χ3v) is 5.66. The highest BCUT2D eigenvalue weighted by Crippen LogP contribution is 2.35. The van der Waals surface area contributed by atoms with Crippen LogP contribution in [0.4, 0.5) is 0 Å². The van der Waals surface area contributed by atoms with Gasteiger partial charge >= 0.3 is 0 Å². The first-order valence-electron chi connectivity index (χ1n) is 6.57. The Balaban J connectivity index is 1.86. The monoisotopic (exact) mass is 291 g/mol. The van der Waals surface area contributed by atoms with E-state index in [2.05, 4.69) is 30.7 Å². The Morgan fingerprint density at radius 1 is 1.42 bits per heavy atom. The van der Waals surface area contributed by atoms with Gasteiger partial charge in [-0.15, -0.1) is 11.3 Å². The summed E-state index contributed by atoms with van der Waals surface area (Å²) >= 11 is 3.33. The van der Waals surface area contributed by atoms with Crippen LogP contribution in [0.2, 0.25) is 0 Å². The van der Waals surface area contributed by atoms with Crippen molar-refractivity contribution in [3.8, 4) is 0 Å². The summed E-state index contributed by atoms with van der Waals surface area (Å²) in [4.78, 5) is 16.8. The molecule has 19 heavy (non-hydrogen) atoms.